The predicted octanol–water partition coefficient (Wildman–Crippen LogP) is 5.27. The Morgan fingerprint density at radius 1 is 1.25 bits per heavy atom. The number of aliphatic imine (C=N–C) groups is 1. The largest absolute Gasteiger partial charge is 0.381 e. The summed E-state index contributed by atoms with van der Waals surface area (Å²) < 4.78 is 13.1. The third-order valence-corrected chi connectivity index (χ3v) is 5.99. The molecule has 1 saturated heterocycles. The first-order valence-electron chi connectivity index (χ1n) is 11.1. The lowest BCUT2D eigenvalue weighted by molar-refractivity contribution is 0.0699. The van der Waals surface area contributed by atoms with Crippen molar-refractivity contribution in [3.8, 4) is 0 Å². The molecular weight excluding hydrogens is 402 g/mol. The molecular formula is C25H31N5O2. The molecule has 3 aromatic rings. The molecule has 0 radical (unpaired) electrons. The van der Waals surface area contributed by atoms with Gasteiger partial charge in [0.25, 0.3) is 0 Å². The Hall–Kier alpha value is -3.19. The molecule has 3 heterocycles. The highest BCUT2D eigenvalue weighted by Gasteiger charge is 2.20. The van der Waals surface area contributed by atoms with E-state index in [1.165, 1.54) is 5.56 Å². The summed E-state index contributed by atoms with van der Waals surface area (Å²) in [6.45, 7) is 12.9. The van der Waals surface area contributed by atoms with Crippen molar-refractivity contribution in [1.82, 2.24) is 14.7 Å². The summed E-state index contributed by atoms with van der Waals surface area (Å²) in [6, 6.07) is 10.4. The van der Waals surface area contributed by atoms with Crippen LogP contribution in [-0.2, 0) is 11.3 Å². The number of nitrogens with zero attached hydrogens (tertiary/aromatic N) is 4. The number of aromatic nitrogens is 3. The molecule has 1 aromatic carbocycles. The van der Waals surface area contributed by atoms with Gasteiger partial charge in [-0.1, -0.05) is 35.5 Å². The lowest BCUT2D eigenvalue weighted by atomic mass is 10.0. The van der Waals surface area contributed by atoms with E-state index in [9.17, 15) is 0 Å². The topological polar surface area (TPSA) is 77.5 Å². The molecule has 0 unspecified atom stereocenters. The summed E-state index contributed by atoms with van der Waals surface area (Å²) in [4.78, 5) is 9.04. The number of imidazole rings is 1. The number of allylic oxidation sites excluding steroid dienone is 1. The van der Waals surface area contributed by atoms with Crippen LogP contribution >= 0.6 is 0 Å². The van der Waals surface area contributed by atoms with Crippen LogP contribution in [0, 0.1) is 19.8 Å². The first kappa shape index (κ1) is 22.0. The van der Waals surface area contributed by atoms with Crippen LogP contribution in [0.25, 0.3) is 11.6 Å². The summed E-state index contributed by atoms with van der Waals surface area (Å²) >= 11 is 0. The van der Waals surface area contributed by atoms with E-state index in [0.717, 1.165) is 66.8 Å². The van der Waals surface area contributed by atoms with E-state index in [4.69, 9.17) is 14.2 Å². The monoisotopic (exact) mass is 433 g/mol. The van der Waals surface area contributed by atoms with E-state index in [0.29, 0.717) is 18.3 Å². The zero-order valence-electron chi connectivity index (χ0n) is 19.1. The van der Waals surface area contributed by atoms with Gasteiger partial charge >= 0.3 is 0 Å². The third-order valence-electron chi connectivity index (χ3n) is 5.99. The summed E-state index contributed by atoms with van der Waals surface area (Å²) in [5.74, 6) is 2.80. The minimum atomic E-state index is 0.578. The second-order valence-electron chi connectivity index (χ2n) is 8.34. The van der Waals surface area contributed by atoms with Crippen LogP contribution in [0.1, 0.15) is 48.0 Å². The Morgan fingerprint density at radius 2 is 2.00 bits per heavy atom. The van der Waals surface area contributed by atoms with Crippen molar-refractivity contribution in [3.63, 3.8) is 0 Å². The Balaban J connectivity index is 1.72. The zero-order valence-corrected chi connectivity index (χ0v) is 19.1. The van der Waals surface area contributed by atoms with Gasteiger partial charge in [0, 0.05) is 25.3 Å². The highest BCUT2D eigenvalue weighted by molar-refractivity contribution is 5.84. The van der Waals surface area contributed by atoms with Gasteiger partial charge in [-0.2, -0.15) is 4.98 Å². The minimum absolute atomic E-state index is 0.578. The molecule has 0 aliphatic carbocycles. The Kier molecular flexibility index (Phi) is 6.85. The highest BCUT2D eigenvalue weighted by atomic mass is 16.5. The molecule has 7 nitrogen and oxygen atoms in total. The van der Waals surface area contributed by atoms with Crippen LogP contribution in [0.4, 0.5) is 11.8 Å². The predicted molar refractivity (Wildman–Crippen MR) is 129 cm³/mol. The van der Waals surface area contributed by atoms with Crippen molar-refractivity contribution in [2.75, 3.05) is 25.1 Å². The fourth-order valence-electron chi connectivity index (χ4n) is 4.28. The normalized spacial score (nSPS) is 15.2. The summed E-state index contributed by atoms with van der Waals surface area (Å²) in [5, 5.41) is 7.68. The van der Waals surface area contributed by atoms with Crippen molar-refractivity contribution < 1.29 is 9.26 Å². The molecule has 1 aliphatic heterocycles. The van der Waals surface area contributed by atoms with Crippen molar-refractivity contribution >= 4 is 30.1 Å². The van der Waals surface area contributed by atoms with Crippen molar-refractivity contribution in [2.24, 2.45) is 10.9 Å². The molecule has 1 N–H and O–H groups in total. The number of benzene rings is 1. The number of anilines is 1. The zero-order chi connectivity index (χ0) is 22.5. The summed E-state index contributed by atoms with van der Waals surface area (Å²) in [7, 11) is 0. The molecule has 4 rings (SSSR count). The Labute approximate surface area is 189 Å². The lowest BCUT2D eigenvalue weighted by Gasteiger charge is -2.22. The minimum Gasteiger partial charge on any atom is -0.381 e. The average molecular weight is 434 g/mol. The maximum absolute atomic E-state index is 5.50. The molecule has 0 amide bonds. The third kappa shape index (κ3) is 4.83. The maximum atomic E-state index is 5.50. The van der Waals surface area contributed by atoms with Gasteiger partial charge in [0.1, 0.15) is 5.76 Å². The quantitative estimate of drug-likeness (QED) is 0.490. The molecule has 1 aliphatic rings. The molecule has 1 fully saturated rings. The second-order valence-corrected chi connectivity index (χ2v) is 8.34. The van der Waals surface area contributed by atoms with Gasteiger partial charge in [-0.25, -0.2) is 4.99 Å². The van der Waals surface area contributed by atoms with Gasteiger partial charge in [-0.05, 0) is 63.5 Å². The van der Waals surface area contributed by atoms with Crippen LogP contribution in [-0.4, -0.2) is 41.2 Å². The van der Waals surface area contributed by atoms with Gasteiger partial charge in [0.05, 0.1) is 17.9 Å². The van der Waals surface area contributed by atoms with E-state index < -0.39 is 0 Å². The smallest absolute Gasteiger partial charge is 0.205 e. The Bertz CT molecular complexity index is 1070. The van der Waals surface area contributed by atoms with Crippen molar-refractivity contribution in [3.05, 3.63) is 58.6 Å². The van der Waals surface area contributed by atoms with E-state index in [2.05, 4.69) is 64.0 Å². The Morgan fingerprint density at radius 3 is 2.66 bits per heavy atom. The standard InChI is InChI=1S/C25H31N5O2/c1-17(23-18(2)29-32-19(23)3)14-22-24(26-4)28-25(27-15-20-10-12-31-13-11-20)30(22)16-21-8-6-5-7-9-21/h5-9,14,20H,4,10-13,15-16H2,1-3H3,(H,27,28)/b17-14+. The highest BCUT2D eigenvalue weighted by Crippen LogP contribution is 2.31. The van der Waals surface area contributed by atoms with Gasteiger partial charge in [-0.15, -0.1) is 0 Å². The average Bonchev–Trinajstić information content (AvgIpc) is 3.32. The summed E-state index contributed by atoms with van der Waals surface area (Å²) in [6.07, 6.45) is 4.24. The van der Waals surface area contributed by atoms with Crippen molar-refractivity contribution in [1.29, 1.82) is 0 Å². The van der Waals surface area contributed by atoms with E-state index in [-0.39, 0.29) is 0 Å². The van der Waals surface area contributed by atoms with Crippen LogP contribution < -0.4 is 5.32 Å². The number of ether oxygens (including phenoxy) is 1. The molecule has 0 atom stereocenters. The molecule has 0 bridgehead atoms. The number of aryl methyl sites for hydroxylation is 2. The molecule has 168 valence electrons. The van der Waals surface area contributed by atoms with Gasteiger partial charge in [0.2, 0.25) is 5.95 Å². The fourth-order valence-corrected chi connectivity index (χ4v) is 4.28. The van der Waals surface area contributed by atoms with E-state index in [1.54, 1.807) is 0 Å². The second kappa shape index (κ2) is 9.96. The summed E-state index contributed by atoms with van der Waals surface area (Å²) in [5.41, 5.74) is 5.05. The SMILES string of the molecule is C=Nc1nc(NCC2CCOCC2)n(Cc2ccccc2)c1/C=C(\C)c1c(C)noc1C. The van der Waals surface area contributed by atoms with Gasteiger partial charge in [0.15, 0.2) is 5.82 Å². The van der Waals surface area contributed by atoms with E-state index >= 15 is 0 Å². The number of nitrogens with one attached hydrogen (secondary N) is 1. The van der Waals surface area contributed by atoms with Crippen LogP contribution in [0.3, 0.4) is 0 Å². The molecule has 32 heavy (non-hydrogen) atoms. The van der Waals surface area contributed by atoms with Crippen LogP contribution in [0.15, 0.2) is 39.8 Å². The van der Waals surface area contributed by atoms with Crippen LogP contribution in [0.5, 0.6) is 0 Å². The first-order chi connectivity index (χ1) is 15.6. The van der Waals surface area contributed by atoms with Crippen molar-refractivity contribution in [2.45, 2.75) is 40.2 Å². The molecule has 0 spiro atoms. The van der Waals surface area contributed by atoms with Gasteiger partial charge in [-0.3, -0.25) is 0 Å². The fraction of sp³-hybridized carbons (Fsp3) is 0.400. The maximum Gasteiger partial charge on any atom is 0.205 e. The molecule has 7 heteroatoms. The molecule has 2 aromatic heterocycles. The van der Waals surface area contributed by atoms with Crippen LogP contribution in [0.2, 0.25) is 0 Å². The van der Waals surface area contributed by atoms with Gasteiger partial charge < -0.3 is 19.1 Å². The van der Waals surface area contributed by atoms with E-state index in [1.807, 2.05) is 19.9 Å². The first-order valence-corrected chi connectivity index (χ1v) is 11.1. The number of rotatable bonds is 8. The lowest BCUT2D eigenvalue weighted by Crippen LogP contribution is -2.24. The molecule has 0 saturated carbocycles. The number of hydrogen-bond acceptors (Lipinski definition) is 6. The number of hydrogen-bond donors (Lipinski definition) is 1.